The van der Waals surface area contributed by atoms with Gasteiger partial charge in [0.15, 0.2) is 5.60 Å². The number of halogens is 3. The fourth-order valence-corrected chi connectivity index (χ4v) is 3.54. The quantitative estimate of drug-likeness (QED) is 0.310. The van der Waals surface area contributed by atoms with Crippen LogP contribution in [0.5, 0.6) is 11.5 Å². The summed E-state index contributed by atoms with van der Waals surface area (Å²) in [6, 6.07) is 17.0. The molecule has 0 atom stereocenters. The molecule has 0 amide bonds. The third-order valence-electron chi connectivity index (χ3n) is 5.77. The van der Waals surface area contributed by atoms with E-state index in [1.165, 1.54) is 26.0 Å². The number of ether oxygens (including phenoxy) is 2. The van der Waals surface area contributed by atoms with E-state index in [4.69, 9.17) is 4.74 Å². The maximum Gasteiger partial charge on any atom is 0.573 e. The molecule has 1 heterocycles. The number of carboxylic acids is 1. The van der Waals surface area contributed by atoms with Crippen LogP contribution in [0.2, 0.25) is 0 Å². The summed E-state index contributed by atoms with van der Waals surface area (Å²) in [6.07, 6.45) is -2.24. The Morgan fingerprint density at radius 3 is 1.97 bits per heavy atom. The van der Waals surface area contributed by atoms with Crippen molar-refractivity contribution < 1.29 is 32.5 Å². The van der Waals surface area contributed by atoms with E-state index < -0.39 is 17.9 Å². The molecule has 0 saturated heterocycles. The van der Waals surface area contributed by atoms with Crippen molar-refractivity contribution in [3.8, 4) is 11.5 Å². The largest absolute Gasteiger partial charge is 0.573 e. The molecule has 0 spiro atoms. The molecule has 6 nitrogen and oxygen atoms in total. The van der Waals surface area contributed by atoms with Crippen LogP contribution in [-0.2, 0) is 17.8 Å². The van der Waals surface area contributed by atoms with Gasteiger partial charge >= 0.3 is 12.3 Å². The molecule has 0 aliphatic carbocycles. The summed E-state index contributed by atoms with van der Waals surface area (Å²) in [4.78, 5) is 18.0. The SMILES string of the molecule is CC(C)c1ccc(N(CCc2ccc(OC(C)(C)C(=O)O)cc2)Cc2ccc(OC(F)(F)F)cc2)nc1. The predicted molar refractivity (Wildman–Crippen MR) is 135 cm³/mol. The van der Waals surface area contributed by atoms with Crippen molar-refractivity contribution in [3.05, 3.63) is 83.6 Å². The third kappa shape index (κ3) is 8.41. The van der Waals surface area contributed by atoms with E-state index in [1.807, 2.05) is 30.5 Å². The molecule has 0 unspecified atom stereocenters. The standard InChI is InChI=1S/C28H31F3N2O4/c1-19(2)22-9-14-25(32-17-22)33(18-21-7-12-24(13-8-21)37-28(29,30)31)16-15-20-5-10-23(11-6-20)36-27(3,4)26(34)35/h5-14,17,19H,15-16,18H2,1-4H3,(H,34,35). The highest BCUT2D eigenvalue weighted by Crippen LogP contribution is 2.25. The van der Waals surface area contributed by atoms with Crippen LogP contribution in [0.1, 0.15) is 50.3 Å². The lowest BCUT2D eigenvalue weighted by Crippen LogP contribution is -2.37. The van der Waals surface area contributed by atoms with Gasteiger partial charge < -0.3 is 19.5 Å². The highest BCUT2D eigenvalue weighted by molar-refractivity contribution is 5.76. The molecule has 1 aromatic heterocycles. The summed E-state index contributed by atoms with van der Waals surface area (Å²) >= 11 is 0. The molecular formula is C28H31F3N2O4. The Kier molecular flexibility index (Phi) is 8.68. The summed E-state index contributed by atoms with van der Waals surface area (Å²) < 4.78 is 47.0. The van der Waals surface area contributed by atoms with Crippen molar-refractivity contribution in [2.75, 3.05) is 11.4 Å². The van der Waals surface area contributed by atoms with Crippen molar-refractivity contribution >= 4 is 11.8 Å². The first-order chi connectivity index (χ1) is 17.3. The zero-order chi connectivity index (χ0) is 27.2. The first-order valence-electron chi connectivity index (χ1n) is 11.9. The first-order valence-corrected chi connectivity index (χ1v) is 11.9. The van der Waals surface area contributed by atoms with Crippen molar-refractivity contribution in [1.29, 1.82) is 0 Å². The fourth-order valence-electron chi connectivity index (χ4n) is 3.54. The Morgan fingerprint density at radius 1 is 0.919 bits per heavy atom. The lowest BCUT2D eigenvalue weighted by Gasteiger charge is -2.25. The molecule has 0 aliphatic heterocycles. The van der Waals surface area contributed by atoms with Gasteiger partial charge in [-0.1, -0.05) is 44.2 Å². The molecule has 0 fully saturated rings. The third-order valence-corrected chi connectivity index (χ3v) is 5.77. The topological polar surface area (TPSA) is 71.9 Å². The normalized spacial score (nSPS) is 11.9. The van der Waals surface area contributed by atoms with Gasteiger partial charge in [-0.2, -0.15) is 0 Å². The minimum atomic E-state index is -4.74. The lowest BCUT2D eigenvalue weighted by molar-refractivity contribution is -0.274. The van der Waals surface area contributed by atoms with E-state index in [-0.39, 0.29) is 5.75 Å². The Morgan fingerprint density at radius 2 is 1.49 bits per heavy atom. The number of rotatable bonds is 11. The minimum absolute atomic E-state index is 0.268. The number of pyridine rings is 1. The van der Waals surface area contributed by atoms with Gasteiger partial charge in [0.1, 0.15) is 17.3 Å². The second-order valence-corrected chi connectivity index (χ2v) is 9.53. The van der Waals surface area contributed by atoms with Gasteiger partial charge in [0.25, 0.3) is 0 Å². The maximum absolute atomic E-state index is 12.5. The van der Waals surface area contributed by atoms with E-state index in [2.05, 4.69) is 28.5 Å². The molecule has 1 N–H and O–H groups in total. The Labute approximate surface area is 214 Å². The van der Waals surface area contributed by atoms with Gasteiger partial charge in [-0.25, -0.2) is 9.78 Å². The monoisotopic (exact) mass is 516 g/mol. The summed E-state index contributed by atoms with van der Waals surface area (Å²) in [7, 11) is 0. The Bertz CT molecular complexity index is 1160. The number of aliphatic carboxylic acids is 1. The van der Waals surface area contributed by atoms with E-state index in [9.17, 15) is 23.1 Å². The molecule has 3 aromatic rings. The van der Waals surface area contributed by atoms with Crippen molar-refractivity contribution in [2.45, 2.75) is 58.5 Å². The average Bonchev–Trinajstić information content (AvgIpc) is 2.82. The first kappa shape index (κ1) is 27.8. The molecule has 0 saturated carbocycles. The van der Waals surface area contributed by atoms with Gasteiger partial charge in [-0.3, -0.25) is 0 Å². The Hall–Kier alpha value is -3.75. The van der Waals surface area contributed by atoms with Crippen LogP contribution in [0.3, 0.4) is 0 Å². The maximum atomic E-state index is 12.5. The molecule has 2 aromatic carbocycles. The summed E-state index contributed by atoms with van der Waals surface area (Å²) in [5.41, 5.74) is 1.59. The van der Waals surface area contributed by atoms with Crippen LogP contribution < -0.4 is 14.4 Å². The lowest BCUT2D eigenvalue weighted by atomic mass is 10.1. The van der Waals surface area contributed by atoms with E-state index in [0.717, 1.165) is 22.5 Å². The summed E-state index contributed by atoms with van der Waals surface area (Å²) in [6.45, 7) is 8.18. The number of aromatic nitrogens is 1. The number of carboxylic acid groups (broad SMARTS) is 1. The van der Waals surface area contributed by atoms with Gasteiger partial charge in [0.2, 0.25) is 0 Å². The van der Waals surface area contributed by atoms with Crippen molar-refractivity contribution in [1.82, 2.24) is 4.98 Å². The van der Waals surface area contributed by atoms with Crippen LogP contribution in [0, 0.1) is 0 Å². The van der Waals surface area contributed by atoms with Crippen LogP contribution in [0.25, 0.3) is 0 Å². The minimum Gasteiger partial charge on any atom is -0.478 e. The molecule has 3 rings (SSSR count). The molecule has 37 heavy (non-hydrogen) atoms. The highest BCUT2D eigenvalue weighted by Gasteiger charge is 2.31. The zero-order valence-electron chi connectivity index (χ0n) is 21.2. The van der Waals surface area contributed by atoms with E-state index >= 15 is 0 Å². The number of hydrogen-bond donors (Lipinski definition) is 1. The molecule has 9 heteroatoms. The van der Waals surface area contributed by atoms with E-state index in [0.29, 0.717) is 31.2 Å². The van der Waals surface area contributed by atoms with E-state index in [1.54, 1.807) is 24.3 Å². The Balaban J connectivity index is 1.74. The van der Waals surface area contributed by atoms with Crippen LogP contribution in [0.4, 0.5) is 19.0 Å². The van der Waals surface area contributed by atoms with Crippen LogP contribution >= 0.6 is 0 Å². The second-order valence-electron chi connectivity index (χ2n) is 9.53. The number of anilines is 1. The van der Waals surface area contributed by atoms with Gasteiger partial charge in [0.05, 0.1) is 0 Å². The fraction of sp³-hybridized carbons (Fsp3) is 0.357. The number of carbonyl (C=O) groups is 1. The second kappa shape index (κ2) is 11.5. The summed E-state index contributed by atoms with van der Waals surface area (Å²) in [5.74, 6) is 0.225. The predicted octanol–water partition coefficient (Wildman–Crippen LogP) is 6.59. The smallest absolute Gasteiger partial charge is 0.478 e. The average molecular weight is 517 g/mol. The van der Waals surface area contributed by atoms with Crippen LogP contribution in [0.15, 0.2) is 66.9 Å². The molecule has 0 aliphatic rings. The summed E-state index contributed by atoms with van der Waals surface area (Å²) in [5, 5.41) is 9.25. The number of benzene rings is 2. The van der Waals surface area contributed by atoms with Gasteiger partial charge in [-0.05, 0) is 73.2 Å². The van der Waals surface area contributed by atoms with Crippen molar-refractivity contribution in [3.63, 3.8) is 0 Å². The molecule has 0 bridgehead atoms. The molecular weight excluding hydrogens is 485 g/mol. The number of alkyl halides is 3. The molecule has 198 valence electrons. The number of nitrogens with zero attached hydrogens (tertiary/aromatic N) is 2. The zero-order valence-corrected chi connectivity index (χ0v) is 21.2. The van der Waals surface area contributed by atoms with Crippen molar-refractivity contribution in [2.24, 2.45) is 0 Å². The van der Waals surface area contributed by atoms with Crippen LogP contribution in [-0.4, -0.2) is 34.6 Å². The highest BCUT2D eigenvalue weighted by atomic mass is 19.4. The van der Waals surface area contributed by atoms with Gasteiger partial charge in [0, 0.05) is 19.3 Å². The number of hydrogen-bond acceptors (Lipinski definition) is 5. The molecule has 0 radical (unpaired) electrons. The van der Waals surface area contributed by atoms with Gasteiger partial charge in [-0.15, -0.1) is 13.2 Å².